The molecule has 1 aliphatic heterocycles. The summed E-state index contributed by atoms with van der Waals surface area (Å²) in [6.07, 6.45) is 1.87. The van der Waals surface area contributed by atoms with Crippen LogP contribution >= 0.6 is 0 Å². The van der Waals surface area contributed by atoms with E-state index in [9.17, 15) is 0 Å². The van der Waals surface area contributed by atoms with Gasteiger partial charge < -0.3 is 20.7 Å². The summed E-state index contributed by atoms with van der Waals surface area (Å²) in [5.41, 5.74) is 11.6. The fourth-order valence-electron chi connectivity index (χ4n) is 4.34. The zero-order chi connectivity index (χ0) is 19.8. The summed E-state index contributed by atoms with van der Waals surface area (Å²) in [6.45, 7) is 2.46. The molecule has 5 rings (SSSR count). The van der Waals surface area contributed by atoms with Crippen LogP contribution in [0.25, 0.3) is 11.3 Å². The minimum atomic E-state index is 0.329. The molecule has 0 radical (unpaired) electrons. The molecule has 2 aromatic carbocycles. The van der Waals surface area contributed by atoms with Gasteiger partial charge in [0, 0.05) is 42.2 Å². The van der Waals surface area contributed by atoms with Crippen LogP contribution in [0.4, 0.5) is 11.8 Å². The van der Waals surface area contributed by atoms with Gasteiger partial charge in [-0.3, -0.25) is 0 Å². The maximum atomic E-state index is 6.19. The summed E-state index contributed by atoms with van der Waals surface area (Å²) >= 11 is 0. The molecule has 3 aromatic rings. The Morgan fingerprint density at radius 1 is 1.10 bits per heavy atom. The summed E-state index contributed by atoms with van der Waals surface area (Å²) in [6, 6.07) is 16.9. The number of nitrogens with one attached hydrogen (secondary N) is 1. The lowest BCUT2D eigenvalue weighted by molar-refractivity contribution is 0.304. The van der Waals surface area contributed by atoms with Crippen LogP contribution in [0.2, 0.25) is 0 Å². The topological polar surface area (TPSA) is 76.3 Å². The molecular weight excluding hydrogens is 362 g/mol. The first-order valence-electron chi connectivity index (χ1n) is 10.1. The molecular formula is C23H25N5O. The quantitative estimate of drug-likeness (QED) is 0.548. The highest BCUT2D eigenvalue weighted by Gasteiger charge is 2.31. The third-order valence-electron chi connectivity index (χ3n) is 5.88. The lowest BCUT2D eigenvalue weighted by atomic mass is 10.1. The van der Waals surface area contributed by atoms with E-state index in [2.05, 4.69) is 38.4 Å². The highest BCUT2D eigenvalue weighted by molar-refractivity contribution is 5.81. The minimum absolute atomic E-state index is 0.329. The largest absolute Gasteiger partial charge is 0.489 e. The average Bonchev–Trinajstić information content (AvgIpc) is 3.37. The van der Waals surface area contributed by atoms with Crippen LogP contribution in [-0.2, 0) is 13.0 Å². The standard InChI is InChI=1S/C23H25N5O/c1-25-16-10-11-28(13-16)22-19-12-18-17(21(19)26-23(24)27-22)8-5-9-20(18)29-14-15-6-3-2-4-7-15/h2-9,16,25H,10-14H2,1H3,(H2,24,26,27). The lowest BCUT2D eigenvalue weighted by Gasteiger charge is -2.20. The summed E-state index contributed by atoms with van der Waals surface area (Å²) in [4.78, 5) is 11.5. The number of fused-ring (bicyclic) bond motifs is 3. The number of benzene rings is 2. The molecule has 1 atom stereocenters. The molecule has 2 heterocycles. The van der Waals surface area contributed by atoms with E-state index in [1.54, 1.807) is 0 Å². The third-order valence-corrected chi connectivity index (χ3v) is 5.88. The second-order valence-corrected chi connectivity index (χ2v) is 7.69. The fraction of sp³-hybridized carbons (Fsp3) is 0.304. The lowest BCUT2D eigenvalue weighted by Crippen LogP contribution is -2.30. The first kappa shape index (κ1) is 17.9. The number of anilines is 2. The SMILES string of the molecule is CNC1CCN(c2nc(N)nc3c2Cc2c(OCc4ccccc4)cccc2-3)C1. The van der Waals surface area contributed by atoms with E-state index in [4.69, 9.17) is 10.5 Å². The van der Waals surface area contributed by atoms with E-state index in [1.807, 2.05) is 37.4 Å². The Morgan fingerprint density at radius 2 is 1.97 bits per heavy atom. The van der Waals surface area contributed by atoms with Gasteiger partial charge in [0.25, 0.3) is 0 Å². The maximum Gasteiger partial charge on any atom is 0.222 e. The zero-order valence-electron chi connectivity index (χ0n) is 16.6. The zero-order valence-corrected chi connectivity index (χ0v) is 16.6. The molecule has 0 spiro atoms. The van der Waals surface area contributed by atoms with Gasteiger partial charge in [0.15, 0.2) is 0 Å². The molecule has 1 saturated heterocycles. The van der Waals surface area contributed by atoms with Crippen LogP contribution in [-0.4, -0.2) is 36.1 Å². The van der Waals surface area contributed by atoms with Crippen molar-refractivity contribution in [3.63, 3.8) is 0 Å². The number of rotatable bonds is 5. The third kappa shape index (κ3) is 3.29. The van der Waals surface area contributed by atoms with Crippen molar-refractivity contribution in [3.05, 3.63) is 65.2 Å². The van der Waals surface area contributed by atoms with Gasteiger partial charge in [-0.2, -0.15) is 4.98 Å². The van der Waals surface area contributed by atoms with E-state index in [0.29, 0.717) is 18.6 Å². The predicted molar refractivity (Wildman–Crippen MR) is 115 cm³/mol. The molecule has 0 saturated carbocycles. The molecule has 6 heteroatoms. The molecule has 1 fully saturated rings. The molecule has 2 aliphatic rings. The van der Waals surface area contributed by atoms with Crippen molar-refractivity contribution in [2.45, 2.75) is 25.5 Å². The van der Waals surface area contributed by atoms with Crippen molar-refractivity contribution < 1.29 is 4.74 Å². The number of nitrogens with zero attached hydrogens (tertiary/aromatic N) is 3. The van der Waals surface area contributed by atoms with Crippen LogP contribution in [0.15, 0.2) is 48.5 Å². The molecule has 148 valence electrons. The van der Waals surface area contributed by atoms with Crippen LogP contribution in [0.5, 0.6) is 5.75 Å². The highest BCUT2D eigenvalue weighted by atomic mass is 16.5. The van der Waals surface area contributed by atoms with Crippen LogP contribution in [0, 0.1) is 0 Å². The number of ether oxygens (including phenoxy) is 1. The van der Waals surface area contributed by atoms with Gasteiger partial charge >= 0.3 is 0 Å². The molecule has 0 amide bonds. The summed E-state index contributed by atoms with van der Waals surface area (Å²) in [5.74, 6) is 2.20. The summed E-state index contributed by atoms with van der Waals surface area (Å²) in [7, 11) is 2.01. The molecule has 1 unspecified atom stereocenters. The van der Waals surface area contributed by atoms with Crippen molar-refractivity contribution in [3.8, 4) is 17.0 Å². The van der Waals surface area contributed by atoms with Crippen molar-refractivity contribution >= 4 is 11.8 Å². The van der Waals surface area contributed by atoms with E-state index in [0.717, 1.165) is 59.9 Å². The number of nitrogens with two attached hydrogens (primary N) is 1. The number of nitrogen functional groups attached to an aromatic ring is 1. The van der Waals surface area contributed by atoms with E-state index >= 15 is 0 Å². The average molecular weight is 387 g/mol. The van der Waals surface area contributed by atoms with E-state index < -0.39 is 0 Å². The van der Waals surface area contributed by atoms with Crippen LogP contribution in [0.3, 0.4) is 0 Å². The Labute approximate surface area is 170 Å². The van der Waals surface area contributed by atoms with Gasteiger partial charge in [0.2, 0.25) is 5.95 Å². The minimum Gasteiger partial charge on any atom is -0.489 e. The molecule has 29 heavy (non-hydrogen) atoms. The van der Waals surface area contributed by atoms with Gasteiger partial charge in [-0.1, -0.05) is 42.5 Å². The molecule has 1 aliphatic carbocycles. The monoisotopic (exact) mass is 387 g/mol. The molecule has 6 nitrogen and oxygen atoms in total. The second-order valence-electron chi connectivity index (χ2n) is 7.69. The van der Waals surface area contributed by atoms with Crippen LogP contribution < -0.4 is 20.7 Å². The highest BCUT2D eigenvalue weighted by Crippen LogP contribution is 2.44. The summed E-state index contributed by atoms with van der Waals surface area (Å²) in [5, 5.41) is 3.37. The first-order chi connectivity index (χ1) is 14.2. The van der Waals surface area contributed by atoms with Gasteiger partial charge in [0.05, 0.1) is 5.69 Å². The number of hydrogen-bond donors (Lipinski definition) is 2. The molecule has 0 bridgehead atoms. The predicted octanol–water partition coefficient (Wildman–Crippen LogP) is 3.01. The van der Waals surface area contributed by atoms with Gasteiger partial charge in [-0.25, -0.2) is 4.98 Å². The Hall–Kier alpha value is -3.12. The van der Waals surface area contributed by atoms with Gasteiger partial charge in [-0.15, -0.1) is 0 Å². The normalized spacial score (nSPS) is 17.3. The molecule has 3 N–H and O–H groups in total. The van der Waals surface area contributed by atoms with Crippen molar-refractivity contribution in [1.82, 2.24) is 15.3 Å². The Balaban J connectivity index is 1.47. The first-order valence-corrected chi connectivity index (χ1v) is 10.1. The summed E-state index contributed by atoms with van der Waals surface area (Å²) < 4.78 is 6.19. The van der Waals surface area contributed by atoms with Crippen molar-refractivity contribution in [2.75, 3.05) is 30.8 Å². The second kappa shape index (κ2) is 7.37. The van der Waals surface area contributed by atoms with E-state index in [-0.39, 0.29) is 0 Å². The van der Waals surface area contributed by atoms with E-state index in [1.165, 1.54) is 5.56 Å². The number of hydrogen-bond acceptors (Lipinski definition) is 6. The van der Waals surface area contributed by atoms with Gasteiger partial charge in [-0.05, 0) is 25.1 Å². The number of aromatic nitrogens is 2. The smallest absolute Gasteiger partial charge is 0.222 e. The van der Waals surface area contributed by atoms with Gasteiger partial charge in [0.1, 0.15) is 18.2 Å². The Bertz CT molecular complexity index is 1040. The Kier molecular flexibility index (Phi) is 4.56. The Morgan fingerprint density at radius 3 is 2.76 bits per heavy atom. The van der Waals surface area contributed by atoms with Crippen LogP contribution in [0.1, 0.15) is 23.1 Å². The van der Waals surface area contributed by atoms with Crippen molar-refractivity contribution in [1.29, 1.82) is 0 Å². The maximum absolute atomic E-state index is 6.19. The fourth-order valence-corrected chi connectivity index (χ4v) is 4.34. The van der Waals surface area contributed by atoms with Crippen molar-refractivity contribution in [2.24, 2.45) is 0 Å². The molecule has 1 aromatic heterocycles. The number of likely N-dealkylation sites (N-methyl/N-ethyl adjacent to an activating group) is 1.